The Bertz CT molecular complexity index is 1010. The Morgan fingerprint density at radius 2 is 1.87 bits per heavy atom. The molecule has 0 spiro atoms. The Balaban J connectivity index is 1.81. The number of nitrogens with zero attached hydrogens (tertiary/aromatic N) is 1. The Kier molecular flexibility index (Phi) is 7.53. The second kappa shape index (κ2) is 10.1. The Labute approximate surface area is 181 Å². The second-order valence-corrected chi connectivity index (χ2v) is 8.17. The quantitative estimate of drug-likeness (QED) is 0.616. The fourth-order valence-corrected chi connectivity index (χ4v) is 4.31. The van der Waals surface area contributed by atoms with Gasteiger partial charge in [-0.15, -0.1) is 0 Å². The third kappa shape index (κ3) is 5.03. The number of nitrogens with one attached hydrogen (secondary N) is 2. The fraction of sp³-hybridized carbons (Fsp3) is 0.591. The van der Waals surface area contributed by atoms with Gasteiger partial charge in [-0.05, 0) is 50.9 Å². The molecule has 1 amide bonds. The summed E-state index contributed by atoms with van der Waals surface area (Å²) < 4.78 is 13.0. The number of fused-ring (bicyclic) bond motifs is 1. The first-order valence-electron chi connectivity index (χ1n) is 10.8. The predicted molar refractivity (Wildman–Crippen MR) is 120 cm³/mol. The molecule has 1 saturated carbocycles. The fourth-order valence-electron chi connectivity index (χ4n) is 4.02. The van der Waals surface area contributed by atoms with Gasteiger partial charge in [0, 0.05) is 25.1 Å². The summed E-state index contributed by atoms with van der Waals surface area (Å²) in [5.41, 5.74) is 0.352. The van der Waals surface area contributed by atoms with E-state index in [1.807, 2.05) is 13.8 Å². The number of aromatic amines is 1. The third-order valence-corrected chi connectivity index (χ3v) is 5.99. The first kappa shape index (κ1) is 22.3. The van der Waals surface area contributed by atoms with Crippen LogP contribution in [0.1, 0.15) is 52.9 Å². The minimum atomic E-state index is -0.239. The molecular formula is C22H31N3O4S. The molecule has 30 heavy (non-hydrogen) atoms. The van der Waals surface area contributed by atoms with Gasteiger partial charge < -0.3 is 19.8 Å². The molecule has 1 aliphatic carbocycles. The Hall–Kier alpha value is -2.35. The topological polar surface area (TPSA) is 85.4 Å². The highest BCUT2D eigenvalue weighted by molar-refractivity contribution is 7.71. The molecule has 1 aromatic heterocycles. The van der Waals surface area contributed by atoms with E-state index in [1.165, 1.54) is 11.0 Å². The lowest BCUT2D eigenvalue weighted by Gasteiger charge is -2.29. The summed E-state index contributed by atoms with van der Waals surface area (Å²) in [5.74, 6) is 1.53. The van der Waals surface area contributed by atoms with Crippen LogP contribution < -0.4 is 20.3 Å². The van der Waals surface area contributed by atoms with Gasteiger partial charge in [-0.1, -0.05) is 19.8 Å². The number of aromatic nitrogens is 2. The number of hydrogen-bond donors (Lipinski definition) is 2. The van der Waals surface area contributed by atoms with E-state index in [0.29, 0.717) is 41.5 Å². The van der Waals surface area contributed by atoms with Gasteiger partial charge in [0.1, 0.15) is 0 Å². The van der Waals surface area contributed by atoms with Crippen molar-refractivity contribution in [2.75, 3.05) is 13.2 Å². The third-order valence-electron chi connectivity index (χ3n) is 5.67. The van der Waals surface area contributed by atoms with E-state index in [0.717, 1.165) is 19.3 Å². The first-order valence-corrected chi connectivity index (χ1v) is 11.2. The van der Waals surface area contributed by atoms with Crippen molar-refractivity contribution in [3.63, 3.8) is 0 Å². The average molecular weight is 434 g/mol. The summed E-state index contributed by atoms with van der Waals surface area (Å²) in [4.78, 5) is 28.6. The van der Waals surface area contributed by atoms with E-state index in [4.69, 9.17) is 21.7 Å². The van der Waals surface area contributed by atoms with Crippen molar-refractivity contribution in [2.24, 2.45) is 5.92 Å². The molecular weight excluding hydrogens is 402 g/mol. The van der Waals surface area contributed by atoms with Crippen LogP contribution in [-0.4, -0.2) is 34.7 Å². The van der Waals surface area contributed by atoms with Crippen LogP contribution in [0.3, 0.4) is 0 Å². The number of rotatable bonds is 8. The first-order chi connectivity index (χ1) is 14.4. The summed E-state index contributed by atoms with van der Waals surface area (Å²) in [6.45, 7) is 7.12. The van der Waals surface area contributed by atoms with E-state index in [9.17, 15) is 9.59 Å². The van der Waals surface area contributed by atoms with Gasteiger partial charge in [0.2, 0.25) is 5.91 Å². The summed E-state index contributed by atoms with van der Waals surface area (Å²) in [6.07, 6.45) is 4.75. The van der Waals surface area contributed by atoms with Gasteiger partial charge in [-0.25, -0.2) is 0 Å². The van der Waals surface area contributed by atoms with E-state index in [1.54, 1.807) is 12.1 Å². The molecule has 1 aromatic carbocycles. The summed E-state index contributed by atoms with van der Waals surface area (Å²) in [5, 5.41) is 3.58. The number of H-pyrrole nitrogens is 1. The summed E-state index contributed by atoms with van der Waals surface area (Å²) in [6, 6.07) is 3.64. The smallest absolute Gasteiger partial charge is 0.262 e. The zero-order valence-electron chi connectivity index (χ0n) is 18.0. The maximum Gasteiger partial charge on any atom is 0.262 e. The zero-order chi connectivity index (χ0) is 21.7. The van der Waals surface area contributed by atoms with Gasteiger partial charge >= 0.3 is 0 Å². The van der Waals surface area contributed by atoms with Crippen LogP contribution in [0.2, 0.25) is 0 Å². The monoisotopic (exact) mass is 433 g/mol. The van der Waals surface area contributed by atoms with Crippen molar-refractivity contribution in [2.45, 2.75) is 65.5 Å². The molecule has 7 nitrogen and oxygen atoms in total. The molecule has 8 heteroatoms. The van der Waals surface area contributed by atoms with Gasteiger partial charge in [0.15, 0.2) is 16.3 Å². The lowest BCUT2D eigenvalue weighted by Crippen LogP contribution is -2.41. The van der Waals surface area contributed by atoms with Gasteiger partial charge in [-0.3, -0.25) is 14.2 Å². The number of ether oxygens (including phenoxy) is 2. The molecule has 1 aliphatic rings. The van der Waals surface area contributed by atoms with Crippen molar-refractivity contribution in [1.82, 2.24) is 14.9 Å². The lowest BCUT2D eigenvalue weighted by atomic mass is 9.86. The standard InChI is InChI=1S/C22H31N3O4S/c1-4-28-18-12-15-17(13-19(18)29-5-2)24-22(30)25(21(15)27)11-10-20(26)23-16-9-7-6-8-14(16)3/h12-14,16H,4-11H2,1-3H3,(H,23,26)(H,24,30)/t14-,16+/m0/s1. The van der Waals surface area contributed by atoms with Crippen LogP contribution in [0.5, 0.6) is 11.5 Å². The molecule has 0 bridgehead atoms. The molecule has 0 aliphatic heterocycles. The number of carbonyl (C=O) groups is 1. The number of amides is 1. The van der Waals surface area contributed by atoms with Crippen molar-refractivity contribution in [1.29, 1.82) is 0 Å². The van der Waals surface area contributed by atoms with E-state index in [-0.39, 0.29) is 35.2 Å². The minimum Gasteiger partial charge on any atom is -0.490 e. The molecule has 2 atom stereocenters. The van der Waals surface area contributed by atoms with E-state index in [2.05, 4.69) is 17.2 Å². The molecule has 0 saturated heterocycles. The van der Waals surface area contributed by atoms with E-state index >= 15 is 0 Å². The van der Waals surface area contributed by atoms with Crippen LogP contribution in [0.15, 0.2) is 16.9 Å². The van der Waals surface area contributed by atoms with Crippen molar-refractivity contribution < 1.29 is 14.3 Å². The number of carbonyl (C=O) groups excluding carboxylic acids is 1. The number of benzene rings is 1. The van der Waals surface area contributed by atoms with Gasteiger partial charge in [0.05, 0.1) is 24.1 Å². The van der Waals surface area contributed by atoms with Crippen LogP contribution in [0, 0.1) is 10.7 Å². The lowest BCUT2D eigenvalue weighted by molar-refractivity contribution is -0.122. The summed E-state index contributed by atoms with van der Waals surface area (Å²) in [7, 11) is 0. The van der Waals surface area contributed by atoms with Gasteiger partial charge in [0.25, 0.3) is 5.56 Å². The van der Waals surface area contributed by atoms with Crippen LogP contribution in [0.4, 0.5) is 0 Å². The summed E-state index contributed by atoms with van der Waals surface area (Å²) >= 11 is 5.39. The highest BCUT2D eigenvalue weighted by atomic mass is 32.1. The maximum atomic E-state index is 13.1. The van der Waals surface area contributed by atoms with Gasteiger partial charge in [-0.2, -0.15) is 0 Å². The average Bonchev–Trinajstić information content (AvgIpc) is 2.71. The Morgan fingerprint density at radius 1 is 1.20 bits per heavy atom. The predicted octanol–water partition coefficient (Wildman–Crippen LogP) is 3.94. The molecule has 1 fully saturated rings. The maximum absolute atomic E-state index is 13.1. The molecule has 3 rings (SSSR count). The number of hydrogen-bond acceptors (Lipinski definition) is 5. The molecule has 2 N–H and O–H groups in total. The highest BCUT2D eigenvalue weighted by Crippen LogP contribution is 2.31. The van der Waals surface area contributed by atoms with E-state index < -0.39 is 0 Å². The molecule has 0 radical (unpaired) electrons. The van der Waals surface area contributed by atoms with Crippen LogP contribution in [-0.2, 0) is 11.3 Å². The molecule has 164 valence electrons. The van der Waals surface area contributed by atoms with Crippen molar-refractivity contribution >= 4 is 29.0 Å². The van der Waals surface area contributed by atoms with Crippen LogP contribution >= 0.6 is 12.2 Å². The largest absolute Gasteiger partial charge is 0.490 e. The van der Waals surface area contributed by atoms with Crippen molar-refractivity contribution in [3.05, 3.63) is 27.3 Å². The Morgan fingerprint density at radius 3 is 2.53 bits per heavy atom. The second-order valence-electron chi connectivity index (χ2n) is 7.78. The van der Waals surface area contributed by atoms with Crippen LogP contribution in [0.25, 0.3) is 10.9 Å². The minimum absolute atomic E-state index is 0.0446. The molecule has 1 heterocycles. The van der Waals surface area contributed by atoms with Crippen molar-refractivity contribution in [3.8, 4) is 11.5 Å². The molecule has 2 aromatic rings. The normalized spacial score (nSPS) is 18.9. The zero-order valence-corrected chi connectivity index (χ0v) is 18.8. The SMILES string of the molecule is CCOc1cc2[nH]c(=S)n(CCC(=O)N[C@@H]3CCCC[C@@H]3C)c(=O)c2cc1OCC. The molecule has 0 unspecified atom stereocenters. The highest BCUT2D eigenvalue weighted by Gasteiger charge is 2.22.